The molecule has 0 amide bonds. The number of aromatic nitrogens is 2. The van der Waals surface area contributed by atoms with E-state index in [2.05, 4.69) is 10.9 Å². The van der Waals surface area contributed by atoms with Gasteiger partial charge >= 0.3 is 5.70 Å². The molecule has 0 unspecified atom stereocenters. The molecule has 0 aliphatic rings. The first-order valence-electron chi connectivity index (χ1n) is 5.45. The van der Waals surface area contributed by atoms with Gasteiger partial charge in [0.05, 0.1) is 5.87 Å². The Labute approximate surface area is 105 Å². The third-order valence-electron chi connectivity index (χ3n) is 2.55. The number of pyridine rings is 2. The van der Waals surface area contributed by atoms with Gasteiger partial charge in [0.25, 0.3) is 0 Å². The maximum absolute atomic E-state index is 11.3. The number of nitrogens with one attached hydrogen (secondary N) is 1. The van der Waals surface area contributed by atoms with Gasteiger partial charge in [0.15, 0.2) is 12.4 Å². The van der Waals surface area contributed by atoms with Crippen LogP contribution < -0.4 is 4.57 Å². The molecule has 4 nitrogen and oxygen atoms in total. The van der Waals surface area contributed by atoms with Crippen molar-refractivity contribution in [2.24, 2.45) is 0 Å². The molecular weight excluding hydrogens is 226 g/mol. The van der Waals surface area contributed by atoms with Crippen LogP contribution in [0, 0.1) is 5.41 Å². The minimum absolute atomic E-state index is 0.188. The first-order chi connectivity index (χ1) is 8.72. The first kappa shape index (κ1) is 11.9. The van der Waals surface area contributed by atoms with E-state index in [1.165, 1.54) is 6.92 Å². The van der Waals surface area contributed by atoms with Gasteiger partial charge in [0.2, 0.25) is 5.78 Å². The van der Waals surface area contributed by atoms with E-state index in [4.69, 9.17) is 5.41 Å². The lowest BCUT2D eigenvalue weighted by Gasteiger charge is -1.99. The molecule has 18 heavy (non-hydrogen) atoms. The Morgan fingerprint density at radius 2 is 1.72 bits per heavy atom. The molecule has 0 spiro atoms. The van der Waals surface area contributed by atoms with E-state index in [0.717, 1.165) is 11.1 Å². The van der Waals surface area contributed by atoms with Gasteiger partial charge in [-0.1, -0.05) is 0 Å². The summed E-state index contributed by atoms with van der Waals surface area (Å²) >= 11 is 0. The lowest BCUT2D eigenvalue weighted by Crippen LogP contribution is -2.35. The summed E-state index contributed by atoms with van der Waals surface area (Å²) in [7, 11) is 0. The van der Waals surface area contributed by atoms with Crippen LogP contribution in [0.25, 0.3) is 16.8 Å². The van der Waals surface area contributed by atoms with Crippen molar-refractivity contribution in [1.29, 1.82) is 5.41 Å². The molecule has 0 aliphatic heterocycles. The molecule has 0 saturated carbocycles. The number of ketones is 1. The second-order valence-corrected chi connectivity index (χ2v) is 3.76. The van der Waals surface area contributed by atoms with E-state index in [1.807, 2.05) is 24.3 Å². The standard InChI is InChI=1S/C14H12N3O/c1-11(18)14(10-15)17-8-4-13(5-9-17)12-2-6-16-7-3-12/h2-9,15H,1H3/q+1. The van der Waals surface area contributed by atoms with Gasteiger partial charge in [-0.25, -0.2) is 0 Å². The zero-order valence-electron chi connectivity index (χ0n) is 9.92. The van der Waals surface area contributed by atoms with E-state index in [1.54, 1.807) is 29.4 Å². The number of hydrogen-bond acceptors (Lipinski definition) is 3. The van der Waals surface area contributed by atoms with Gasteiger partial charge in [-0.05, 0) is 23.3 Å². The fraction of sp³-hybridized carbons (Fsp3) is 0.0714. The summed E-state index contributed by atoms with van der Waals surface area (Å²) in [6.07, 6.45) is 6.95. The van der Waals surface area contributed by atoms with Crippen LogP contribution in [0.1, 0.15) is 6.92 Å². The van der Waals surface area contributed by atoms with Gasteiger partial charge in [-0.2, -0.15) is 4.57 Å². The number of nitrogens with zero attached hydrogens (tertiary/aromatic N) is 2. The summed E-state index contributed by atoms with van der Waals surface area (Å²) in [6.45, 7) is 1.42. The number of Topliss-reactive ketones (excluding diaryl/α,β-unsaturated/α-hetero) is 1. The number of rotatable bonds is 3. The third-order valence-corrected chi connectivity index (χ3v) is 2.55. The molecule has 0 aliphatic carbocycles. The van der Waals surface area contributed by atoms with Gasteiger partial charge in [0.1, 0.15) is 0 Å². The number of allylic oxidation sites excluding steroid dienone is 1. The summed E-state index contributed by atoms with van der Waals surface area (Å²) < 4.78 is 1.58. The number of hydrogen-bond donors (Lipinski definition) is 1. The Kier molecular flexibility index (Phi) is 3.41. The van der Waals surface area contributed by atoms with Crippen LogP contribution in [0.3, 0.4) is 0 Å². The monoisotopic (exact) mass is 238 g/mol. The Hall–Kier alpha value is -2.58. The second-order valence-electron chi connectivity index (χ2n) is 3.76. The molecular formula is C14H12N3O+. The molecule has 0 bridgehead atoms. The lowest BCUT2D eigenvalue weighted by atomic mass is 10.1. The summed E-state index contributed by atoms with van der Waals surface area (Å²) in [5, 5.41) is 7.11. The summed E-state index contributed by atoms with van der Waals surface area (Å²) in [5.74, 6) is 1.96. The van der Waals surface area contributed by atoms with Crippen LogP contribution in [0.5, 0.6) is 0 Å². The predicted molar refractivity (Wildman–Crippen MR) is 68.0 cm³/mol. The van der Waals surface area contributed by atoms with Crippen molar-refractivity contribution in [1.82, 2.24) is 4.98 Å². The Balaban J connectivity index is 2.37. The molecule has 0 atom stereocenters. The topological polar surface area (TPSA) is 57.7 Å². The quantitative estimate of drug-likeness (QED) is 0.503. The largest absolute Gasteiger partial charge is 0.315 e. The third kappa shape index (κ3) is 2.39. The van der Waals surface area contributed by atoms with Crippen molar-refractivity contribution in [2.75, 3.05) is 0 Å². The smallest absolute Gasteiger partial charge is 0.287 e. The van der Waals surface area contributed by atoms with Crippen LogP contribution in [-0.4, -0.2) is 16.6 Å². The lowest BCUT2D eigenvalue weighted by molar-refractivity contribution is -0.575. The fourth-order valence-electron chi connectivity index (χ4n) is 1.65. The Bertz CT molecular complexity index is 611. The molecule has 0 radical (unpaired) electrons. The van der Waals surface area contributed by atoms with Gasteiger partial charge in [-0.15, -0.1) is 0 Å². The highest BCUT2D eigenvalue weighted by molar-refractivity contribution is 6.18. The second kappa shape index (κ2) is 5.17. The summed E-state index contributed by atoms with van der Waals surface area (Å²) in [5.41, 5.74) is 2.30. The number of carbonyl (C=O) groups is 1. The maximum Gasteiger partial charge on any atom is 0.315 e. The van der Waals surface area contributed by atoms with Crippen LogP contribution in [0.4, 0.5) is 0 Å². The summed E-state index contributed by atoms with van der Waals surface area (Å²) in [6, 6.07) is 7.60. The molecule has 4 heteroatoms. The van der Waals surface area contributed by atoms with Crippen molar-refractivity contribution >= 4 is 17.4 Å². The minimum Gasteiger partial charge on any atom is -0.287 e. The zero-order valence-corrected chi connectivity index (χ0v) is 9.92. The van der Waals surface area contributed by atoms with Gasteiger partial charge < -0.3 is 0 Å². The average Bonchev–Trinajstić information content (AvgIpc) is 2.41. The highest BCUT2D eigenvalue weighted by Gasteiger charge is 2.15. The van der Waals surface area contributed by atoms with Crippen molar-refractivity contribution in [3.8, 4) is 11.1 Å². The predicted octanol–water partition coefficient (Wildman–Crippen LogP) is 1.71. The molecule has 2 aromatic rings. The molecule has 2 heterocycles. The fourth-order valence-corrected chi connectivity index (χ4v) is 1.65. The maximum atomic E-state index is 11.3. The minimum atomic E-state index is -0.188. The van der Waals surface area contributed by atoms with Crippen LogP contribution in [-0.2, 0) is 4.79 Å². The zero-order chi connectivity index (χ0) is 13.0. The van der Waals surface area contributed by atoms with Crippen molar-refractivity contribution in [3.63, 3.8) is 0 Å². The molecule has 0 fully saturated rings. The van der Waals surface area contributed by atoms with Crippen molar-refractivity contribution < 1.29 is 9.36 Å². The van der Waals surface area contributed by atoms with Gasteiger partial charge in [0, 0.05) is 31.5 Å². The van der Waals surface area contributed by atoms with E-state index in [9.17, 15) is 4.79 Å². The molecule has 2 aromatic heterocycles. The van der Waals surface area contributed by atoms with E-state index in [0.29, 0.717) is 0 Å². The first-order valence-corrected chi connectivity index (χ1v) is 5.45. The van der Waals surface area contributed by atoms with E-state index < -0.39 is 0 Å². The van der Waals surface area contributed by atoms with E-state index in [-0.39, 0.29) is 11.5 Å². The van der Waals surface area contributed by atoms with Gasteiger partial charge in [-0.3, -0.25) is 15.2 Å². The molecule has 2 rings (SSSR count). The van der Waals surface area contributed by atoms with Crippen molar-refractivity contribution in [3.05, 3.63) is 49.1 Å². The van der Waals surface area contributed by atoms with Crippen LogP contribution in [0.15, 0.2) is 49.1 Å². The highest BCUT2D eigenvalue weighted by atomic mass is 16.1. The molecule has 0 aromatic carbocycles. The average molecular weight is 238 g/mol. The molecule has 0 saturated heterocycles. The molecule has 88 valence electrons. The Morgan fingerprint density at radius 3 is 2.22 bits per heavy atom. The van der Waals surface area contributed by atoms with Crippen molar-refractivity contribution in [2.45, 2.75) is 6.92 Å². The SMILES string of the molecule is CC(=O)C(=C=N)[n+]1ccc(-c2ccncc2)cc1. The number of carbonyl (C=O) groups excluding carboxylic acids is 1. The highest BCUT2D eigenvalue weighted by Crippen LogP contribution is 2.15. The molecule has 1 N–H and O–H groups in total. The summed E-state index contributed by atoms with van der Waals surface area (Å²) in [4.78, 5) is 15.2. The Morgan fingerprint density at radius 1 is 1.17 bits per heavy atom. The van der Waals surface area contributed by atoms with E-state index >= 15 is 0 Å². The van der Waals surface area contributed by atoms with Crippen LogP contribution >= 0.6 is 0 Å². The normalized spacial score (nSPS) is 9.61. The van der Waals surface area contributed by atoms with Crippen LogP contribution in [0.2, 0.25) is 0 Å².